The van der Waals surface area contributed by atoms with E-state index in [0.29, 0.717) is 6.42 Å². The lowest BCUT2D eigenvalue weighted by Gasteiger charge is -2.38. The molecule has 0 heterocycles. The van der Waals surface area contributed by atoms with Crippen molar-refractivity contribution in [1.29, 1.82) is 0 Å². The highest BCUT2D eigenvalue weighted by atomic mass is 16.5. The molecule has 0 radical (unpaired) electrons. The third-order valence-corrected chi connectivity index (χ3v) is 4.18. The Labute approximate surface area is 123 Å². The summed E-state index contributed by atoms with van der Waals surface area (Å²) in [6, 6.07) is 0. The molecule has 0 aliphatic heterocycles. The van der Waals surface area contributed by atoms with Gasteiger partial charge >= 0.3 is 5.97 Å². The van der Waals surface area contributed by atoms with E-state index in [1.807, 2.05) is 0 Å². The molecule has 20 heavy (non-hydrogen) atoms. The van der Waals surface area contributed by atoms with Crippen LogP contribution >= 0.6 is 0 Å². The maximum Gasteiger partial charge on any atom is 0.323 e. The zero-order valence-electron chi connectivity index (χ0n) is 13.1. The molecule has 1 aliphatic rings. The summed E-state index contributed by atoms with van der Waals surface area (Å²) in [4.78, 5) is 11.6. The van der Waals surface area contributed by atoms with Crippen molar-refractivity contribution >= 4 is 5.97 Å². The topological polar surface area (TPSA) is 58.6 Å². The van der Waals surface area contributed by atoms with Gasteiger partial charge in [-0.1, -0.05) is 33.1 Å². The SMILES string of the molecule is CCCCCCOC1CCCC(NCCC)(C(=O)O)C1. The van der Waals surface area contributed by atoms with Gasteiger partial charge in [0, 0.05) is 13.0 Å². The van der Waals surface area contributed by atoms with Gasteiger partial charge < -0.3 is 15.2 Å². The van der Waals surface area contributed by atoms with Crippen LogP contribution in [-0.2, 0) is 9.53 Å². The van der Waals surface area contributed by atoms with Crippen LogP contribution in [0.4, 0.5) is 0 Å². The number of carbonyl (C=O) groups is 1. The Morgan fingerprint density at radius 3 is 2.75 bits per heavy atom. The van der Waals surface area contributed by atoms with Crippen LogP contribution < -0.4 is 5.32 Å². The Morgan fingerprint density at radius 2 is 2.10 bits per heavy atom. The van der Waals surface area contributed by atoms with E-state index in [4.69, 9.17) is 4.74 Å². The first-order valence-electron chi connectivity index (χ1n) is 8.24. The highest BCUT2D eigenvalue weighted by Gasteiger charge is 2.42. The summed E-state index contributed by atoms with van der Waals surface area (Å²) in [6.45, 7) is 5.79. The fourth-order valence-electron chi connectivity index (χ4n) is 2.94. The molecule has 0 spiro atoms. The molecule has 0 aromatic heterocycles. The van der Waals surface area contributed by atoms with Gasteiger partial charge in [-0.3, -0.25) is 4.79 Å². The monoisotopic (exact) mass is 285 g/mol. The van der Waals surface area contributed by atoms with Crippen LogP contribution in [0.15, 0.2) is 0 Å². The molecule has 2 atom stereocenters. The molecule has 1 aliphatic carbocycles. The number of unbranched alkanes of at least 4 members (excludes halogenated alkanes) is 3. The summed E-state index contributed by atoms with van der Waals surface area (Å²) < 4.78 is 5.91. The lowest BCUT2D eigenvalue weighted by atomic mass is 9.80. The number of ether oxygens (including phenoxy) is 1. The number of hydrogen-bond acceptors (Lipinski definition) is 3. The van der Waals surface area contributed by atoms with Crippen molar-refractivity contribution < 1.29 is 14.6 Å². The quantitative estimate of drug-likeness (QED) is 0.604. The Morgan fingerprint density at radius 1 is 1.30 bits per heavy atom. The Bertz CT molecular complexity index is 283. The molecule has 4 heteroatoms. The summed E-state index contributed by atoms with van der Waals surface area (Å²) >= 11 is 0. The Hall–Kier alpha value is -0.610. The second-order valence-corrected chi connectivity index (χ2v) is 5.96. The number of carboxylic acid groups (broad SMARTS) is 1. The standard InChI is InChI=1S/C16H31NO3/c1-3-5-6-7-12-20-14-9-8-10-16(13-14,15(18)19)17-11-4-2/h14,17H,3-13H2,1-2H3,(H,18,19). The van der Waals surface area contributed by atoms with Gasteiger partial charge in [-0.2, -0.15) is 0 Å². The molecule has 0 bridgehead atoms. The van der Waals surface area contributed by atoms with E-state index in [2.05, 4.69) is 19.2 Å². The van der Waals surface area contributed by atoms with Crippen molar-refractivity contribution in [1.82, 2.24) is 5.32 Å². The van der Waals surface area contributed by atoms with Gasteiger partial charge in [0.25, 0.3) is 0 Å². The first-order valence-corrected chi connectivity index (χ1v) is 8.24. The van der Waals surface area contributed by atoms with Crippen molar-refractivity contribution in [3.8, 4) is 0 Å². The van der Waals surface area contributed by atoms with E-state index in [-0.39, 0.29) is 6.10 Å². The molecule has 0 saturated heterocycles. The molecule has 0 amide bonds. The summed E-state index contributed by atoms with van der Waals surface area (Å²) in [5.74, 6) is -0.717. The summed E-state index contributed by atoms with van der Waals surface area (Å²) in [5, 5.41) is 12.8. The second-order valence-electron chi connectivity index (χ2n) is 5.96. The molecule has 0 aromatic carbocycles. The predicted octanol–water partition coefficient (Wildman–Crippen LogP) is 3.35. The molecular formula is C16H31NO3. The van der Waals surface area contributed by atoms with Crippen molar-refractivity contribution in [2.45, 2.75) is 83.3 Å². The molecule has 4 nitrogen and oxygen atoms in total. The van der Waals surface area contributed by atoms with Gasteiger partial charge in [-0.05, 0) is 38.6 Å². The maximum absolute atomic E-state index is 11.6. The largest absolute Gasteiger partial charge is 0.480 e. The van der Waals surface area contributed by atoms with Gasteiger partial charge in [0.15, 0.2) is 0 Å². The van der Waals surface area contributed by atoms with Crippen LogP contribution in [0.25, 0.3) is 0 Å². The number of nitrogens with one attached hydrogen (secondary N) is 1. The molecule has 1 rings (SSSR count). The molecule has 1 fully saturated rings. The van der Waals surface area contributed by atoms with Crippen LogP contribution in [0.1, 0.15) is 71.6 Å². The van der Waals surface area contributed by atoms with Crippen molar-refractivity contribution in [2.24, 2.45) is 0 Å². The van der Waals surface area contributed by atoms with E-state index in [1.165, 1.54) is 19.3 Å². The maximum atomic E-state index is 11.6. The average molecular weight is 285 g/mol. The van der Waals surface area contributed by atoms with E-state index >= 15 is 0 Å². The van der Waals surface area contributed by atoms with Crippen molar-refractivity contribution in [3.63, 3.8) is 0 Å². The fraction of sp³-hybridized carbons (Fsp3) is 0.938. The number of rotatable bonds is 10. The molecule has 118 valence electrons. The van der Waals surface area contributed by atoms with Crippen LogP contribution in [0.2, 0.25) is 0 Å². The number of carboxylic acids is 1. The smallest absolute Gasteiger partial charge is 0.323 e. The van der Waals surface area contributed by atoms with Crippen LogP contribution in [0.5, 0.6) is 0 Å². The minimum absolute atomic E-state index is 0.103. The summed E-state index contributed by atoms with van der Waals surface area (Å²) in [7, 11) is 0. The minimum atomic E-state index is -0.762. The Balaban J connectivity index is 2.40. The first-order chi connectivity index (χ1) is 9.64. The third-order valence-electron chi connectivity index (χ3n) is 4.18. The van der Waals surface area contributed by atoms with Crippen molar-refractivity contribution in [2.75, 3.05) is 13.2 Å². The zero-order chi connectivity index (χ0) is 14.8. The van der Waals surface area contributed by atoms with E-state index in [0.717, 1.165) is 45.3 Å². The first kappa shape index (κ1) is 17.4. The average Bonchev–Trinajstić information content (AvgIpc) is 2.45. The Kier molecular flexibility index (Phi) is 8.15. The summed E-state index contributed by atoms with van der Waals surface area (Å²) in [6.07, 6.45) is 9.10. The third kappa shape index (κ3) is 5.41. The highest BCUT2D eigenvalue weighted by Crippen LogP contribution is 2.30. The van der Waals surface area contributed by atoms with Gasteiger partial charge in [0.1, 0.15) is 5.54 Å². The lowest BCUT2D eigenvalue weighted by Crippen LogP contribution is -2.56. The van der Waals surface area contributed by atoms with Gasteiger partial charge in [0.05, 0.1) is 6.10 Å². The van der Waals surface area contributed by atoms with E-state index in [1.54, 1.807) is 0 Å². The van der Waals surface area contributed by atoms with Crippen LogP contribution in [-0.4, -0.2) is 35.9 Å². The number of hydrogen-bond donors (Lipinski definition) is 2. The highest BCUT2D eigenvalue weighted by molar-refractivity contribution is 5.79. The summed E-state index contributed by atoms with van der Waals surface area (Å²) in [5.41, 5.74) is -0.762. The molecule has 0 aromatic rings. The van der Waals surface area contributed by atoms with Crippen LogP contribution in [0.3, 0.4) is 0 Å². The molecular weight excluding hydrogens is 254 g/mol. The lowest BCUT2D eigenvalue weighted by molar-refractivity contribution is -0.149. The fourth-order valence-corrected chi connectivity index (χ4v) is 2.94. The normalized spacial score (nSPS) is 26.6. The van der Waals surface area contributed by atoms with Crippen LogP contribution in [0, 0.1) is 0 Å². The molecule has 2 unspecified atom stereocenters. The van der Waals surface area contributed by atoms with Gasteiger partial charge in [-0.15, -0.1) is 0 Å². The zero-order valence-corrected chi connectivity index (χ0v) is 13.1. The van der Waals surface area contributed by atoms with E-state index in [9.17, 15) is 9.90 Å². The number of aliphatic carboxylic acids is 1. The second kappa shape index (κ2) is 9.35. The van der Waals surface area contributed by atoms with Crippen molar-refractivity contribution in [3.05, 3.63) is 0 Å². The molecule has 1 saturated carbocycles. The minimum Gasteiger partial charge on any atom is -0.480 e. The molecule has 2 N–H and O–H groups in total. The van der Waals surface area contributed by atoms with Gasteiger partial charge in [0.2, 0.25) is 0 Å². The van der Waals surface area contributed by atoms with Gasteiger partial charge in [-0.25, -0.2) is 0 Å². The van der Waals surface area contributed by atoms with E-state index < -0.39 is 11.5 Å². The predicted molar refractivity (Wildman–Crippen MR) is 81.0 cm³/mol.